The number of hydrogen-bond donors (Lipinski definition) is 0. The van der Waals surface area contributed by atoms with Gasteiger partial charge in [-0.3, -0.25) is 4.98 Å². The minimum absolute atomic E-state index is 0.140. The van der Waals surface area contributed by atoms with E-state index in [4.69, 9.17) is 4.98 Å². The molecule has 0 bridgehead atoms. The molecule has 0 N–H and O–H groups in total. The fourth-order valence-electron chi connectivity index (χ4n) is 4.91. The predicted octanol–water partition coefficient (Wildman–Crippen LogP) is 6.99. The average molecular weight is 381 g/mol. The molecule has 5 rings (SSSR count). The van der Waals surface area contributed by atoms with Gasteiger partial charge >= 0.3 is 0 Å². The highest BCUT2D eigenvalue weighted by Gasteiger charge is 2.35. The van der Waals surface area contributed by atoms with Crippen molar-refractivity contribution >= 4 is 21.7 Å². The summed E-state index contributed by atoms with van der Waals surface area (Å²) in [5, 5.41) is 3.84. The molecule has 4 aromatic rings. The first kappa shape index (κ1) is 18.3. The van der Waals surface area contributed by atoms with Crippen molar-refractivity contribution in [1.82, 2.24) is 9.97 Å². The highest BCUT2D eigenvalue weighted by Crippen LogP contribution is 2.49. The number of benzene rings is 2. The molecule has 0 spiro atoms. The first-order valence-corrected chi connectivity index (χ1v) is 10.5. The Morgan fingerprint density at radius 1 is 0.931 bits per heavy atom. The molecule has 146 valence electrons. The van der Waals surface area contributed by atoms with Gasteiger partial charge in [-0.25, -0.2) is 4.98 Å². The van der Waals surface area contributed by atoms with Crippen molar-refractivity contribution in [2.24, 2.45) is 5.41 Å². The fourth-order valence-corrected chi connectivity index (χ4v) is 4.91. The minimum atomic E-state index is -0.140. The van der Waals surface area contributed by atoms with E-state index in [-0.39, 0.29) is 10.8 Å². The van der Waals surface area contributed by atoms with Gasteiger partial charge in [0.15, 0.2) is 0 Å². The van der Waals surface area contributed by atoms with Gasteiger partial charge in [-0.2, -0.15) is 0 Å². The maximum absolute atomic E-state index is 5.24. The lowest BCUT2D eigenvalue weighted by Crippen LogP contribution is -2.25. The molecule has 2 heterocycles. The van der Waals surface area contributed by atoms with Crippen molar-refractivity contribution in [3.8, 4) is 11.3 Å². The predicted molar refractivity (Wildman–Crippen MR) is 123 cm³/mol. The van der Waals surface area contributed by atoms with Gasteiger partial charge in [0.25, 0.3) is 0 Å². The van der Waals surface area contributed by atoms with Crippen LogP contribution in [0, 0.1) is 12.3 Å². The van der Waals surface area contributed by atoms with Crippen LogP contribution in [0.2, 0.25) is 0 Å². The van der Waals surface area contributed by atoms with E-state index in [1.54, 1.807) is 0 Å². The van der Waals surface area contributed by atoms with Crippen molar-refractivity contribution in [3.63, 3.8) is 0 Å². The molecule has 1 aliphatic carbocycles. The molecule has 0 saturated heterocycles. The Kier molecular flexibility index (Phi) is 3.71. The molecule has 0 amide bonds. The highest BCUT2D eigenvalue weighted by atomic mass is 14.7. The molecule has 0 saturated carbocycles. The molecular formula is C27H28N2. The van der Waals surface area contributed by atoms with E-state index in [1.807, 2.05) is 6.20 Å². The summed E-state index contributed by atoms with van der Waals surface area (Å²) in [4.78, 5) is 9.83. The smallest absolute Gasteiger partial charge is 0.0756 e. The van der Waals surface area contributed by atoms with Crippen molar-refractivity contribution < 1.29 is 0 Å². The lowest BCUT2D eigenvalue weighted by Gasteiger charge is -2.34. The van der Waals surface area contributed by atoms with Crippen molar-refractivity contribution in [3.05, 3.63) is 71.0 Å². The monoisotopic (exact) mass is 380 g/mol. The molecule has 29 heavy (non-hydrogen) atoms. The Labute approximate surface area is 173 Å². The van der Waals surface area contributed by atoms with Gasteiger partial charge in [0.2, 0.25) is 0 Å². The summed E-state index contributed by atoms with van der Waals surface area (Å²) >= 11 is 0. The van der Waals surface area contributed by atoms with E-state index in [9.17, 15) is 0 Å². The van der Waals surface area contributed by atoms with Gasteiger partial charge < -0.3 is 0 Å². The van der Waals surface area contributed by atoms with Crippen LogP contribution in [0.5, 0.6) is 0 Å². The number of aromatic nitrogens is 2. The topological polar surface area (TPSA) is 25.8 Å². The Bertz CT molecular complexity index is 1290. The molecule has 2 heteroatoms. The standard InChI is InChI=1S/C27H28N2/c1-16-10-11-18-24-20(16)14-28-15-22(24)27(5,6)21-12-19-17(13-26(2,3)4)8-7-9-23(19)29-25(18)21/h7-12,14-15H,13H2,1-6H3. The van der Waals surface area contributed by atoms with Gasteiger partial charge in [-0.05, 0) is 58.5 Å². The molecule has 0 aliphatic heterocycles. The number of fused-ring (bicyclic) bond motifs is 3. The second kappa shape index (κ2) is 5.89. The summed E-state index contributed by atoms with van der Waals surface area (Å²) in [5.74, 6) is 0. The lowest BCUT2D eigenvalue weighted by atomic mass is 9.70. The summed E-state index contributed by atoms with van der Waals surface area (Å²) < 4.78 is 0. The third kappa shape index (κ3) is 2.69. The van der Waals surface area contributed by atoms with Crippen LogP contribution in [-0.2, 0) is 11.8 Å². The SMILES string of the molecule is Cc1ccc2c3c(cncc13)C(C)(C)c1cc3c(CC(C)(C)C)cccc3nc1-2. The molecule has 2 aromatic heterocycles. The van der Waals surface area contributed by atoms with Crippen LogP contribution in [-0.4, -0.2) is 9.97 Å². The van der Waals surface area contributed by atoms with Crippen molar-refractivity contribution in [2.75, 3.05) is 0 Å². The van der Waals surface area contributed by atoms with E-state index in [2.05, 4.69) is 89.1 Å². The van der Waals surface area contributed by atoms with Crippen LogP contribution in [0.4, 0.5) is 0 Å². The molecule has 0 fully saturated rings. The number of aryl methyl sites for hydroxylation is 1. The minimum Gasteiger partial charge on any atom is -0.264 e. The first-order chi connectivity index (χ1) is 13.7. The lowest BCUT2D eigenvalue weighted by molar-refractivity contribution is 0.412. The third-order valence-electron chi connectivity index (χ3n) is 6.41. The molecule has 1 aliphatic rings. The Morgan fingerprint density at radius 2 is 1.72 bits per heavy atom. The normalized spacial score (nSPS) is 15.0. The average Bonchev–Trinajstić information content (AvgIpc) is 2.65. The largest absolute Gasteiger partial charge is 0.264 e. The summed E-state index contributed by atoms with van der Waals surface area (Å²) in [6, 6.07) is 13.4. The highest BCUT2D eigenvalue weighted by molar-refractivity contribution is 6.04. The third-order valence-corrected chi connectivity index (χ3v) is 6.41. The van der Waals surface area contributed by atoms with Crippen LogP contribution in [0.25, 0.3) is 32.9 Å². The fraction of sp³-hybridized carbons (Fsp3) is 0.333. The number of nitrogens with zero attached hydrogens (tertiary/aromatic N) is 2. The van der Waals surface area contributed by atoms with E-state index in [0.717, 1.165) is 17.6 Å². The van der Waals surface area contributed by atoms with E-state index < -0.39 is 0 Å². The van der Waals surface area contributed by atoms with E-state index in [0.29, 0.717) is 0 Å². The molecule has 2 aromatic carbocycles. The van der Waals surface area contributed by atoms with Gasteiger partial charge in [0.1, 0.15) is 0 Å². The molecule has 0 atom stereocenters. The van der Waals surface area contributed by atoms with Gasteiger partial charge in [-0.15, -0.1) is 0 Å². The quantitative estimate of drug-likeness (QED) is 0.356. The maximum atomic E-state index is 5.24. The maximum Gasteiger partial charge on any atom is 0.0756 e. The van der Waals surface area contributed by atoms with Crippen molar-refractivity contribution in [1.29, 1.82) is 0 Å². The van der Waals surface area contributed by atoms with Crippen LogP contribution in [0.1, 0.15) is 56.9 Å². The van der Waals surface area contributed by atoms with Crippen molar-refractivity contribution in [2.45, 2.75) is 53.4 Å². The second-order valence-electron chi connectivity index (χ2n) is 10.3. The van der Waals surface area contributed by atoms with E-state index >= 15 is 0 Å². The Morgan fingerprint density at radius 3 is 2.48 bits per heavy atom. The van der Waals surface area contributed by atoms with Crippen LogP contribution in [0.15, 0.2) is 48.8 Å². The summed E-state index contributed by atoms with van der Waals surface area (Å²) in [7, 11) is 0. The molecule has 0 unspecified atom stereocenters. The number of hydrogen-bond acceptors (Lipinski definition) is 2. The van der Waals surface area contributed by atoms with Gasteiger partial charge in [0, 0.05) is 34.1 Å². The Hall–Kier alpha value is -2.74. The second-order valence-corrected chi connectivity index (χ2v) is 10.3. The summed E-state index contributed by atoms with van der Waals surface area (Å²) in [6.45, 7) is 13.7. The molecule has 0 radical (unpaired) electrons. The Balaban J connectivity index is 1.88. The van der Waals surface area contributed by atoms with Crippen LogP contribution >= 0.6 is 0 Å². The summed E-state index contributed by atoms with van der Waals surface area (Å²) in [5.41, 5.74) is 8.80. The summed E-state index contributed by atoms with van der Waals surface area (Å²) in [6.07, 6.45) is 5.10. The van der Waals surface area contributed by atoms with Gasteiger partial charge in [0.05, 0.1) is 11.2 Å². The van der Waals surface area contributed by atoms with E-state index in [1.165, 1.54) is 44.0 Å². The molecular weight excluding hydrogens is 352 g/mol. The zero-order valence-electron chi connectivity index (χ0n) is 18.2. The molecule has 2 nitrogen and oxygen atoms in total. The number of rotatable bonds is 1. The zero-order valence-corrected chi connectivity index (χ0v) is 18.2. The number of pyridine rings is 2. The zero-order chi connectivity index (χ0) is 20.6. The van der Waals surface area contributed by atoms with Crippen LogP contribution < -0.4 is 0 Å². The van der Waals surface area contributed by atoms with Gasteiger partial charge in [-0.1, -0.05) is 58.9 Å². The van der Waals surface area contributed by atoms with Crippen LogP contribution in [0.3, 0.4) is 0 Å². The first-order valence-electron chi connectivity index (χ1n) is 10.5.